The molecule has 0 atom stereocenters. The fraction of sp³-hybridized carbons (Fsp3) is 0.100. The lowest BCUT2D eigenvalue weighted by molar-refractivity contribution is -0.115. The van der Waals surface area contributed by atoms with Gasteiger partial charge in [-0.3, -0.25) is 4.79 Å². The van der Waals surface area contributed by atoms with Crippen LogP contribution in [0.2, 0.25) is 0 Å². The smallest absolute Gasteiger partial charge is 0.243 e. The summed E-state index contributed by atoms with van der Waals surface area (Å²) in [6.45, 7) is 1.45. The minimum Gasteiger partial charge on any atom is -0.351 e. The summed E-state index contributed by atoms with van der Waals surface area (Å²) in [4.78, 5) is 17.0. The Balaban J connectivity index is 1.86. The molecular weight excluding hydrogens is 284 g/mol. The first-order valence-electron chi connectivity index (χ1n) is 7.51. The molecule has 0 saturated heterocycles. The first-order valence-corrected chi connectivity index (χ1v) is 7.51. The molecule has 0 aromatic heterocycles. The lowest BCUT2D eigenvalue weighted by Gasteiger charge is -2.23. The van der Waals surface area contributed by atoms with Crippen molar-refractivity contribution in [3.63, 3.8) is 0 Å². The van der Waals surface area contributed by atoms with Crippen LogP contribution in [0.15, 0.2) is 83.6 Å². The fourth-order valence-corrected chi connectivity index (χ4v) is 2.56. The van der Waals surface area contributed by atoms with E-state index in [-0.39, 0.29) is 5.91 Å². The van der Waals surface area contributed by atoms with Crippen molar-refractivity contribution in [2.75, 3.05) is 11.9 Å². The Kier molecular flexibility index (Phi) is 4.20. The molecule has 114 valence electrons. The number of benzene rings is 1. The quantitative estimate of drug-likeness (QED) is 0.783. The number of rotatable bonds is 1. The highest BCUT2D eigenvalue weighted by atomic mass is 16.1. The summed E-state index contributed by atoms with van der Waals surface area (Å²) in [5, 5.41) is 0. The summed E-state index contributed by atoms with van der Waals surface area (Å²) in [5.41, 5.74) is 5.36. The van der Waals surface area contributed by atoms with Crippen LogP contribution in [-0.4, -0.2) is 18.7 Å². The van der Waals surface area contributed by atoms with Crippen LogP contribution in [0.3, 0.4) is 0 Å². The summed E-state index contributed by atoms with van der Waals surface area (Å²) in [6, 6.07) is 8.35. The topological polar surface area (TPSA) is 32.7 Å². The second kappa shape index (κ2) is 6.44. The largest absolute Gasteiger partial charge is 0.351 e. The molecule has 23 heavy (non-hydrogen) atoms. The molecule has 1 aromatic carbocycles. The van der Waals surface area contributed by atoms with Gasteiger partial charge in [0.2, 0.25) is 5.91 Å². The molecule has 0 saturated carbocycles. The molecule has 0 bridgehead atoms. The van der Waals surface area contributed by atoms with Crippen LogP contribution in [0.5, 0.6) is 0 Å². The number of carbonyl (C=O) groups excluding carboxylic acids is 1. The molecule has 0 radical (unpaired) electrons. The van der Waals surface area contributed by atoms with Gasteiger partial charge in [-0.25, -0.2) is 4.99 Å². The van der Waals surface area contributed by atoms with Crippen molar-refractivity contribution in [1.82, 2.24) is 0 Å². The van der Waals surface area contributed by atoms with Gasteiger partial charge in [0.15, 0.2) is 0 Å². The Hall–Kier alpha value is -2.94. The number of amides is 1. The molecule has 1 aliphatic carbocycles. The summed E-state index contributed by atoms with van der Waals surface area (Å²) in [6.07, 6.45) is 16.0. The number of fused-ring (bicyclic) bond motifs is 1. The molecule has 3 heteroatoms. The van der Waals surface area contributed by atoms with Gasteiger partial charge in [0.1, 0.15) is 0 Å². The van der Waals surface area contributed by atoms with E-state index in [2.05, 4.69) is 52.5 Å². The number of nitrogens with zero attached hydrogens (tertiary/aromatic N) is 2. The van der Waals surface area contributed by atoms with Crippen LogP contribution in [0.25, 0.3) is 5.57 Å². The van der Waals surface area contributed by atoms with E-state index in [9.17, 15) is 4.79 Å². The molecule has 3 nitrogen and oxygen atoms in total. The maximum absolute atomic E-state index is 11.0. The molecule has 0 N–H and O–H groups in total. The standard InChI is InChI=1S/C20H18N2O/c1-15(23)21-18-11-8-16(9-12-18)7-10-17-13-14-22(2)20-6-4-3-5-19(17)20/h3-14H,1-2H3/b16-7?,17-10+,21-18?. The molecular formula is C20H18N2O. The van der Waals surface area contributed by atoms with E-state index in [4.69, 9.17) is 0 Å². The predicted octanol–water partition coefficient (Wildman–Crippen LogP) is 4.07. The third-order valence-electron chi connectivity index (χ3n) is 3.71. The average Bonchev–Trinajstić information content (AvgIpc) is 2.55. The van der Waals surface area contributed by atoms with Crippen LogP contribution in [-0.2, 0) is 4.79 Å². The van der Waals surface area contributed by atoms with Gasteiger partial charge in [-0.15, -0.1) is 0 Å². The number of allylic oxidation sites excluding steroid dienone is 9. The maximum Gasteiger partial charge on any atom is 0.243 e. The fourth-order valence-electron chi connectivity index (χ4n) is 2.56. The first-order chi connectivity index (χ1) is 11.1. The van der Waals surface area contributed by atoms with Gasteiger partial charge in [0, 0.05) is 31.4 Å². The molecule has 3 rings (SSSR count). The van der Waals surface area contributed by atoms with Crippen molar-refractivity contribution in [2.24, 2.45) is 4.99 Å². The van der Waals surface area contributed by atoms with E-state index < -0.39 is 0 Å². The van der Waals surface area contributed by atoms with Crippen molar-refractivity contribution in [3.05, 3.63) is 84.1 Å². The molecule has 1 aromatic rings. The number of aliphatic imine (C=N–C) groups is 1. The Labute approximate surface area is 136 Å². The van der Waals surface area contributed by atoms with Crippen molar-refractivity contribution < 1.29 is 4.79 Å². The molecule has 0 unspecified atom stereocenters. The van der Waals surface area contributed by atoms with Gasteiger partial charge in [-0.05, 0) is 35.4 Å². The van der Waals surface area contributed by atoms with Gasteiger partial charge in [0.25, 0.3) is 0 Å². The number of hydrogen-bond acceptors (Lipinski definition) is 2. The molecule has 2 aliphatic rings. The van der Waals surface area contributed by atoms with Crippen LogP contribution < -0.4 is 4.90 Å². The zero-order valence-corrected chi connectivity index (χ0v) is 13.2. The van der Waals surface area contributed by atoms with E-state index in [1.807, 2.05) is 37.4 Å². The first kappa shape index (κ1) is 15.0. The van der Waals surface area contributed by atoms with E-state index in [1.54, 1.807) is 0 Å². The van der Waals surface area contributed by atoms with Crippen LogP contribution in [0, 0.1) is 0 Å². The van der Waals surface area contributed by atoms with E-state index >= 15 is 0 Å². The Morgan fingerprint density at radius 2 is 1.78 bits per heavy atom. The third kappa shape index (κ3) is 3.46. The minimum absolute atomic E-state index is 0.183. The molecule has 1 heterocycles. The lowest BCUT2D eigenvalue weighted by Crippen LogP contribution is -2.13. The summed E-state index contributed by atoms with van der Waals surface area (Å²) < 4.78 is 0. The molecule has 0 spiro atoms. The second-order valence-electron chi connectivity index (χ2n) is 5.45. The van der Waals surface area contributed by atoms with Crippen molar-refractivity contribution >= 4 is 22.9 Å². The number of carbonyl (C=O) groups is 1. The predicted molar refractivity (Wildman–Crippen MR) is 96.4 cm³/mol. The summed E-state index contributed by atoms with van der Waals surface area (Å²) in [7, 11) is 2.05. The van der Waals surface area contributed by atoms with Crippen molar-refractivity contribution in [3.8, 4) is 0 Å². The Bertz CT molecular complexity index is 802. The minimum atomic E-state index is -0.183. The van der Waals surface area contributed by atoms with Crippen LogP contribution in [0.1, 0.15) is 12.5 Å². The molecule has 0 fully saturated rings. The summed E-state index contributed by atoms with van der Waals surface area (Å²) >= 11 is 0. The monoisotopic (exact) mass is 302 g/mol. The lowest BCUT2D eigenvalue weighted by atomic mass is 9.99. The van der Waals surface area contributed by atoms with Crippen molar-refractivity contribution in [1.29, 1.82) is 0 Å². The Morgan fingerprint density at radius 1 is 1.04 bits per heavy atom. The highest BCUT2D eigenvalue weighted by Crippen LogP contribution is 2.31. The van der Waals surface area contributed by atoms with Gasteiger partial charge >= 0.3 is 0 Å². The van der Waals surface area contributed by atoms with E-state index in [1.165, 1.54) is 23.7 Å². The van der Waals surface area contributed by atoms with E-state index in [0.29, 0.717) is 5.71 Å². The van der Waals surface area contributed by atoms with Gasteiger partial charge in [-0.1, -0.05) is 42.5 Å². The molecule has 1 amide bonds. The van der Waals surface area contributed by atoms with Crippen LogP contribution >= 0.6 is 0 Å². The second-order valence-corrected chi connectivity index (χ2v) is 5.45. The van der Waals surface area contributed by atoms with Crippen molar-refractivity contribution in [2.45, 2.75) is 6.92 Å². The number of anilines is 1. The number of hydrogen-bond donors (Lipinski definition) is 0. The van der Waals surface area contributed by atoms with Gasteiger partial charge < -0.3 is 4.90 Å². The SMILES string of the molecule is CC(=O)N=C1C=CC(=C/C=C2\C=CN(C)c3ccccc32)C=C1. The zero-order chi connectivity index (χ0) is 16.2. The Morgan fingerprint density at radius 3 is 2.52 bits per heavy atom. The highest BCUT2D eigenvalue weighted by molar-refractivity contribution is 6.10. The normalized spacial score (nSPS) is 17.5. The molecule has 1 aliphatic heterocycles. The van der Waals surface area contributed by atoms with E-state index in [0.717, 1.165) is 5.57 Å². The highest BCUT2D eigenvalue weighted by Gasteiger charge is 2.11. The maximum atomic E-state index is 11.0. The van der Waals surface area contributed by atoms with Gasteiger partial charge in [0.05, 0.1) is 5.71 Å². The number of para-hydroxylation sites is 1. The van der Waals surface area contributed by atoms with Crippen LogP contribution in [0.4, 0.5) is 5.69 Å². The third-order valence-corrected chi connectivity index (χ3v) is 3.71. The van der Waals surface area contributed by atoms with Gasteiger partial charge in [-0.2, -0.15) is 0 Å². The summed E-state index contributed by atoms with van der Waals surface area (Å²) in [5.74, 6) is -0.183. The average molecular weight is 302 g/mol. The zero-order valence-electron chi connectivity index (χ0n) is 13.2.